The van der Waals surface area contributed by atoms with Crippen molar-refractivity contribution in [1.29, 1.82) is 0 Å². The Bertz CT molecular complexity index is 3520. The summed E-state index contributed by atoms with van der Waals surface area (Å²) in [5, 5.41) is 15.0. The van der Waals surface area contributed by atoms with Crippen LogP contribution in [0.2, 0.25) is 0 Å². The molecule has 0 aliphatic rings. The third kappa shape index (κ3) is 5.46. The fourth-order valence-electron chi connectivity index (χ4n) is 9.90. The summed E-state index contributed by atoms with van der Waals surface area (Å²) < 4.78 is 0. The molecule has 0 fully saturated rings. The predicted molar refractivity (Wildman–Crippen MR) is 259 cm³/mol. The van der Waals surface area contributed by atoms with E-state index in [1.165, 1.54) is 120 Å². The van der Waals surface area contributed by atoms with Crippen LogP contribution in [0.1, 0.15) is 0 Å². The lowest BCUT2D eigenvalue weighted by atomic mass is 9.80. The molecular weight excluding hydrogens is 721 g/mol. The summed E-state index contributed by atoms with van der Waals surface area (Å²) in [5.41, 5.74) is 12.4. The quantitative estimate of drug-likeness (QED) is 0.153. The van der Waals surface area contributed by atoms with Gasteiger partial charge in [0.25, 0.3) is 0 Å². The van der Waals surface area contributed by atoms with Gasteiger partial charge in [-0.2, -0.15) is 0 Å². The Morgan fingerprint density at radius 3 is 1.00 bits per heavy atom. The molecule has 0 spiro atoms. The Kier molecular flexibility index (Phi) is 7.96. The van der Waals surface area contributed by atoms with Crippen molar-refractivity contribution in [3.05, 3.63) is 231 Å². The second-order valence-electron chi connectivity index (χ2n) is 15.9. The average Bonchev–Trinajstić information content (AvgIpc) is 3.32. The van der Waals surface area contributed by atoms with E-state index in [9.17, 15) is 0 Å². The van der Waals surface area contributed by atoms with Crippen LogP contribution in [0.4, 0.5) is 0 Å². The highest BCUT2D eigenvalue weighted by molar-refractivity contribution is 6.30. The normalized spacial score (nSPS) is 11.7. The summed E-state index contributed by atoms with van der Waals surface area (Å²) in [4.78, 5) is 0. The molecule has 0 saturated heterocycles. The Balaban J connectivity index is 1.17. The highest BCUT2D eigenvalue weighted by Gasteiger charge is 2.23. The largest absolute Gasteiger partial charge is 0.0622 e. The zero-order chi connectivity index (χ0) is 39.6. The third-order valence-electron chi connectivity index (χ3n) is 12.6. The van der Waals surface area contributed by atoms with Gasteiger partial charge in [0.15, 0.2) is 0 Å². The summed E-state index contributed by atoms with van der Waals surface area (Å²) in [6, 6.07) is 85.2. The fraction of sp³-hybridized carbons (Fsp3) is 0. The van der Waals surface area contributed by atoms with Crippen molar-refractivity contribution < 1.29 is 0 Å². The van der Waals surface area contributed by atoms with Crippen LogP contribution in [0.25, 0.3) is 120 Å². The highest BCUT2D eigenvalue weighted by atomic mass is 14.3. The average molecular weight is 759 g/mol. The van der Waals surface area contributed by atoms with Crippen LogP contribution in [-0.2, 0) is 0 Å². The minimum Gasteiger partial charge on any atom is -0.0622 e. The predicted octanol–water partition coefficient (Wildman–Crippen LogP) is 16.9. The summed E-state index contributed by atoms with van der Waals surface area (Å²) in [7, 11) is 0. The van der Waals surface area contributed by atoms with Crippen LogP contribution < -0.4 is 0 Å². The van der Waals surface area contributed by atoms with Crippen molar-refractivity contribution in [3.8, 4) is 55.6 Å². The topological polar surface area (TPSA) is 0 Å². The molecule has 0 heteroatoms. The summed E-state index contributed by atoms with van der Waals surface area (Å²) in [6.45, 7) is 0. The second kappa shape index (κ2) is 13.9. The minimum absolute atomic E-state index is 1.20. The van der Waals surface area contributed by atoms with Crippen LogP contribution in [0.15, 0.2) is 231 Å². The van der Waals surface area contributed by atoms with Crippen molar-refractivity contribution in [1.82, 2.24) is 0 Å². The Morgan fingerprint density at radius 2 is 0.500 bits per heavy atom. The number of fused-ring (bicyclic) bond motifs is 6. The molecule has 60 heavy (non-hydrogen) atoms. The van der Waals surface area contributed by atoms with Gasteiger partial charge in [0.1, 0.15) is 0 Å². The molecule has 12 aromatic carbocycles. The van der Waals surface area contributed by atoms with Crippen molar-refractivity contribution >= 4 is 64.6 Å². The third-order valence-corrected chi connectivity index (χ3v) is 12.6. The molecule has 278 valence electrons. The molecule has 0 aliphatic carbocycles. The molecule has 0 aromatic heterocycles. The maximum atomic E-state index is 2.42. The molecule has 0 nitrogen and oxygen atoms in total. The summed E-state index contributed by atoms with van der Waals surface area (Å²) in [5.74, 6) is 0. The zero-order valence-electron chi connectivity index (χ0n) is 32.9. The van der Waals surface area contributed by atoms with Gasteiger partial charge in [0.2, 0.25) is 0 Å². The minimum atomic E-state index is 1.20. The first-order valence-corrected chi connectivity index (χ1v) is 20.8. The molecule has 0 radical (unpaired) electrons. The van der Waals surface area contributed by atoms with Crippen LogP contribution in [0, 0.1) is 0 Å². The van der Waals surface area contributed by atoms with Crippen LogP contribution in [0.5, 0.6) is 0 Å². The SMILES string of the molecule is c1ccc(-c2ccc(-c3cc4ccccc4cc3-c3c4ccccc4c(-c4c5ccccc5c(-c5ccc6ccccc6c5)c5ccccc45)c4ccccc34)cc2)cc1. The van der Waals surface area contributed by atoms with Crippen LogP contribution in [-0.4, -0.2) is 0 Å². The van der Waals surface area contributed by atoms with Gasteiger partial charge in [-0.15, -0.1) is 0 Å². The molecule has 0 saturated carbocycles. The highest BCUT2D eigenvalue weighted by Crippen LogP contribution is 2.51. The van der Waals surface area contributed by atoms with Crippen molar-refractivity contribution in [3.63, 3.8) is 0 Å². The van der Waals surface area contributed by atoms with Crippen molar-refractivity contribution in [2.24, 2.45) is 0 Å². The van der Waals surface area contributed by atoms with Gasteiger partial charge in [-0.25, -0.2) is 0 Å². The van der Waals surface area contributed by atoms with E-state index in [-0.39, 0.29) is 0 Å². The smallest absolute Gasteiger partial charge is 0.00139 e. The van der Waals surface area contributed by atoms with E-state index in [1.54, 1.807) is 0 Å². The molecule has 0 heterocycles. The van der Waals surface area contributed by atoms with Gasteiger partial charge >= 0.3 is 0 Å². The molecule has 0 N–H and O–H groups in total. The van der Waals surface area contributed by atoms with E-state index >= 15 is 0 Å². The van der Waals surface area contributed by atoms with E-state index in [0.29, 0.717) is 0 Å². The van der Waals surface area contributed by atoms with Gasteiger partial charge in [0, 0.05) is 0 Å². The number of benzene rings is 12. The zero-order valence-corrected chi connectivity index (χ0v) is 32.9. The molecule has 12 rings (SSSR count). The summed E-state index contributed by atoms with van der Waals surface area (Å²) >= 11 is 0. The first-order chi connectivity index (χ1) is 29.8. The number of hydrogen-bond acceptors (Lipinski definition) is 0. The molecular formula is C60H38. The Hall–Kier alpha value is -7.80. The molecule has 0 unspecified atom stereocenters. The van der Waals surface area contributed by atoms with Gasteiger partial charge in [-0.1, -0.05) is 212 Å². The Morgan fingerprint density at radius 1 is 0.167 bits per heavy atom. The van der Waals surface area contributed by atoms with Gasteiger partial charge in [0.05, 0.1) is 0 Å². The van der Waals surface area contributed by atoms with Gasteiger partial charge < -0.3 is 0 Å². The van der Waals surface area contributed by atoms with E-state index in [0.717, 1.165) is 0 Å². The first-order valence-electron chi connectivity index (χ1n) is 20.8. The molecule has 0 aliphatic heterocycles. The van der Waals surface area contributed by atoms with Crippen LogP contribution in [0.3, 0.4) is 0 Å². The summed E-state index contributed by atoms with van der Waals surface area (Å²) in [6.07, 6.45) is 0. The lowest BCUT2D eigenvalue weighted by molar-refractivity contribution is 1.60. The monoisotopic (exact) mass is 758 g/mol. The standard InChI is InChI=1S/C60H38/c1-2-16-39(17-3-1)41-30-33-42(34-31-41)55-37-44-20-6-7-21-45(44)38-56(55)58-49-24-10-14-28-53(49)60(54-29-15-11-25-50(54)58)59-51-26-12-8-22-47(51)57(48-23-9-13-27-52(48)59)46-35-32-40-18-4-5-19-43(40)36-46/h1-38H. The van der Waals surface area contributed by atoms with E-state index < -0.39 is 0 Å². The lowest BCUT2D eigenvalue weighted by Crippen LogP contribution is -1.95. The Labute approximate surface area is 349 Å². The second-order valence-corrected chi connectivity index (χ2v) is 15.9. The molecule has 12 aromatic rings. The van der Waals surface area contributed by atoms with Gasteiger partial charge in [-0.3, -0.25) is 0 Å². The molecule has 0 amide bonds. The van der Waals surface area contributed by atoms with Crippen molar-refractivity contribution in [2.75, 3.05) is 0 Å². The van der Waals surface area contributed by atoms with E-state index in [4.69, 9.17) is 0 Å². The number of rotatable bonds is 5. The van der Waals surface area contributed by atoms with E-state index in [2.05, 4.69) is 231 Å². The molecule has 0 atom stereocenters. The number of hydrogen-bond donors (Lipinski definition) is 0. The maximum absolute atomic E-state index is 2.42. The maximum Gasteiger partial charge on any atom is -0.00139 e. The lowest BCUT2D eigenvalue weighted by Gasteiger charge is -2.23. The van der Waals surface area contributed by atoms with E-state index in [1.807, 2.05) is 0 Å². The van der Waals surface area contributed by atoms with Crippen molar-refractivity contribution in [2.45, 2.75) is 0 Å². The molecule has 0 bridgehead atoms. The van der Waals surface area contributed by atoms with Gasteiger partial charge in [-0.05, 0) is 138 Å². The first kappa shape index (κ1) is 34.3. The fourth-order valence-corrected chi connectivity index (χ4v) is 9.90. The van der Waals surface area contributed by atoms with Crippen LogP contribution >= 0.6 is 0 Å².